The molecular weight excluding hydrogens is 306 g/mol. The molecule has 2 aromatic carbocycles. The summed E-state index contributed by atoms with van der Waals surface area (Å²) in [6.07, 6.45) is 0.858. The van der Waals surface area contributed by atoms with Gasteiger partial charge in [0.25, 0.3) is 5.91 Å². The molecule has 0 saturated heterocycles. The predicted octanol–water partition coefficient (Wildman–Crippen LogP) is 2.54. The summed E-state index contributed by atoms with van der Waals surface area (Å²) < 4.78 is 10.9. The Morgan fingerprint density at radius 2 is 2.04 bits per heavy atom. The van der Waals surface area contributed by atoms with E-state index in [1.165, 1.54) is 12.7 Å². The van der Waals surface area contributed by atoms with E-state index >= 15 is 0 Å². The molecule has 1 heterocycles. The fraction of sp³-hybridized carbons (Fsp3) is 0.316. The van der Waals surface area contributed by atoms with Crippen LogP contribution in [0.2, 0.25) is 0 Å². The molecule has 2 aromatic rings. The zero-order chi connectivity index (χ0) is 17.1. The summed E-state index contributed by atoms with van der Waals surface area (Å²) in [5.41, 5.74) is 2.87. The van der Waals surface area contributed by atoms with Gasteiger partial charge in [-0.25, -0.2) is 0 Å². The summed E-state index contributed by atoms with van der Waals surface area (Å²) in [5, 5.41) is 9.18. The molecule has 0 radical (unpaired) electrons. The molecule has 5 heteroatoms. The van der Waals surface area contributed by atoms with E-state index in [1.54, 1.807) is 23.1 Å². The molecule has 126 valence electrons. The largest absolute Gasteiger partial charge is 0.493 e. The van der Waals surface area contributed by atoms with Gasteiger partial charge in [0.1, 0.15) is 0 Å². The highest BCUT2D eigenvalue weighted by Gasteiger charge is 2.30. The monoisotopic (exact) mass is 327 g/mol. The van der Waals surface area contributed by atoms with E-state index in [0.717, 1.165) is 17.7 Å². The predicted molar refractivity (Wildman–Crippen MR) is 91.5 cm³/mol. The minimum absolute atomic E-state index is 0.0620. The van der Waals surface area contributed by atoms with Crippen LogP contribution in [0, 0.1) is 0 Å². The van der Waals surface area contributed by atoms with E-state index in [-0.39, 0.29) is 25.2 Å². The molecule has 24 heavy (non-hydrogen) atoms. The Bertz CT molecular complexity index is 744. The maximum atomic E-state index is 12.6. The van der Waals surface area contributed by atoms with E-state index in [4.69, 9.17) is 9.47 Å². The van der Waals surface area contributed by atoms with Gasteiger partial charge in [-0.05, 0) is 42.7 Å². The highest BCUT2D eigenvalue weighted by atomic mass is 16.5. The second-order valence-electron chi connectivity index (χ2n) is 5.88. The maximum Gasteiger partial charge on any atom is 0.265 e. The van der Waals surface area contributed by atoms with Gasteiger partial charge in [-0.15, -0.1) is 0 Å². The average Bonchev–Trinajstić information content (AvgIpc) is 2.95. The topological polar surface area (TPSA) is 59.0 Å². The number of rotatable bonds is 5. The second kappa shape index (κ2) is 6.93. The van der Waals surface area contributed by atoms with Crippen molar-refractivity contribution in [3.8, 4) is 11.5 Å². The van der Waals surface area contributed by atoms with E-state index in [2.05, 4.69) is 6.07 Å². The van der Waals surface area contributed by atoms with Crippen molar-refractivity contribution in [2.45, 2.75) is 26.0 Å². The first-order valence-electron chi connectivity index (χ1n) is 7.94. The number of carbonyl (C=O) groups is 1. The van der Waals surface area contributed by atoms with Gasteiger partial charge in [0.15, 0.2) is 18.1 Å². The molecule has 5 nitrogen and oxygen atoms in total. The molecule has 1 atom stereocenters. The van der Waals surface area contributed by atoms with Gasteiger partial charge in [-0.3, -0.25) is 4.79 Å². The number of aliphatic hydroxyl groups is 1. The van der Waals surface area contributed by atoms with Gasteiger partial charge in [0, 0.05) is 11.7 Å². The van der Waals surface area contributed by atoms with E-state index < -0.39 is 0 Å². The van der Waals surface area contributed by atoms with Gasteiger partial charge in [-0.1, -0.05) is 24.3 Å². The number of hydrogen-bond acceptors (Lipinski definition) is 4. The lowest BCUT2D eigenvalue weighted by Gasteiger charge is -2.23. The number of methoxy groups -OCH3 is 1. The van der Waals surface area contributed by atoms with Crippen LogP contribution in [0.3, 0.4) is 0 Å². The molecular formula is C19H21NO4. The zero-order valence-electron chi connectivity index (χ0n) is 13.9. The van der Waals surface area contributed by atoms with Gasteiger partial charge < -0.3 is 19.5 Å². The Morgan fingerprint density at radius 1 is 1.25 bits per heavy atom. The van der Waals surface area contributed by atoms with Crippen LogP contribution in [0.5, 0.6) is 11.5 Å². The first-order chi connectivity index (χ1) is 11.6. The minimum Gasteiger partial charge on any atom is -0.493 e. The van der Waals surface area contributed by atoms with Gasteiger partial charge >= 0.3 is 0 Å². The van der Waals surface area contributed by atoms with Crippen molar-refractivity contribution >= 4 is 11.6 Å². The number of para-hydroxylation sites is 1. The van der Waals surface area contributed by atoms with Crippen LogP contribution in [0.25, 0.3) is 0 Å². The van der Waals surface area contributed by atoms with Crippen LogP contribution < -0.4 is 14.4 Å². The number of anilines is 1. The highest BCUT2D eigenvalue weighted by molar-refractivity contribution is 5.97. The number of nitrogens with zero attached hydrogens (tertiary/aromatic N) is 1. The number of amides is 1. The molecule has 1 aliphatic rings. The lowest BCUT2D eigenvalue weighted by Crippen LogP contribution is -2.39. The minimum atomic E-state index is -0.0827. The third-order valence-electron chi connectivity index (χ3n) is 4.24. The third kappa shape index (κ3) is 3.08. The molecule has 0 spiro atoms. The molecule has 1 N–H and O–H groups in total. The Labute approximate surface area is 141 Å². The van der Waals surface area contributed by atoms with Gasteiger partial charge in [-0.2, -0.15) is 0 Å². The molecule has 0 aromatic heterocycles. The summed E-state index contributed by atoms with van der Waals surface area (Å²) in [5.74, 6) is 0.910. The third-order valence-corrected chi connectivity index (χ3v) is 4.24. The standard InChI is InChI=1S/C19H21NO4/c1-13-9-15-5-3-4-6-16(15)20(13)19(22)12-24-17-8-7-14(11-21)10-18(17)23-2/h3-8,10,13,21H,9,11-12H2,1-2H3. The number of aliphatic hydroxyl groups excluding tert-OH is 1. The van der Waals surface area contributed by atoms with Crippen LogP contribution in [-0.4, -0.2) is 30.8 Å². The van der Waals surface area contributed by atoms with Crippen LogP contribution in [-0.2, 0) is 17.8 Å². The quantitative estimate of drug-likeness (QED) is 0.917. The number of benzene rings is 2. The lowest BCUT2D eigenvalue weighted by atomic mass is 10.1. The average molecular weight is 327 g/mol. The molecule has 0 aliphatic carbocycles. The molecule has 0 fully saturated rings. The molecule has 3 rings (SSSR count). The molecule has 1 aliphatic heterocycles. The molecule has 0 saturated carbocycles. The smallest absolute Gasteiger partial charge is 0.265 e. The maximum absolute atomic E-state index is 12.6. The summed E-state index contributed by atoms with van der Waals surface area (Å²) in [4.78, 5) is 14.4. The van der Waals surface area contributed by atoms with Crippen molar-refractivity contribution in [1.82, 2.24) is 0 Å². The zero-order valence-corrected chi connectivity index (χ0v) is 13.9. The highest BCUT2D eigenvalue weighted by Crippen LogP contribution is 2.32. The summed E-state index contributed by atoms with van der Waals surface area (Å²) in [6, 6.07) is 13.2. The summed E-state index contributed by atoms with van der Waals surface area (Å²) in [7, 11) is 1.53. The Kier molecular flexibility index (Phi) is 4.71. The lowest BCUT2D eigenvalue weighted by molar-refractivity contribution is -0.120. The van der Waals surface area contributed by atoms with Crippen molar-refractivity contribution in [2.75, 3.05) is 18.6 Å². The Morgan fingerprint density at radius 3 is 2.79 bits per heavy atom. The van der Waals surface area contributed by atoms with Gasteiger partial charge in [0.2, 0.25) is 0 Å². The van der Waals surface area contributed by atoms with E-state index in [9.17, 15) is 9.90 Å². The fourth-order valence-electron chi connectivity index (χ4n) is 3.08. The molecule has 1 unspecified atom stereocenters. The van der Waals surface area contributed by atoms with Crippen molar-refractivity contribution in [1.29, 1.82) is 0 Å². The first-order valence-corrected chi connectivity index (χ1v) is 7.94. The van der Waals surface area contributed by atoms with Crippen LogP contribution in [0.1, 0.15) is 18.1 Å². The number of ether oxygens (including phenoxy) is 2. The van der Waals surface area contributed by atoms with Crippen molar-refractivity contribution in [3.05, 3.63) is 53.6 Å². The normalized spacial score (nSPS) is 16.0. The van der Waals surface area contributed by atoms with Crippen LogP contribution in [0.4, 0.5) is 5.69 Å². The second-order valence-corrected chi connectivity index (χ2v) is 5.88. The first kappa shape index (κ1) is 16.3. The van der Waals surface area contributed by atoms with E-state index in [1.807, 2.05) is 25.1 Å². The number of carbonyl (C=O) groups excluding carboxylic acids is 1. The van der Waals surface area contributed by atoms with Gasteiger partial charge in [0.05, 0.1) is 13.7 Å². The SMILES string of the molecule is COc1cc(CO)ccc1OCC(=O)N1c2ccccc2CC1C. The Balaban J connectivity index is 1.72. The number of hydrogen-bond donors (Lipinski definition) is 1. The Hall–Kier alpha value is -2.53. The van der Waals surface area contributed by atoms with Crippen molar-refractivity contribution < 1.29 is 19.4 Å². The van der Waals surface area contributed by atoms with Crippen LogP contribution in [0.15, 0.2) is 42.5 Å². The number of fused-ring (bicyclic) bond motifs is 1. The van der Waals surface area contributed by atoms with Crippen molar-refractivity contribution in [2.24, 2.45) is 0 Å². The summed E-state index contributed by atoms with van der Waals surface area (Å²) in [6.45, 7) is 1.90. The summed E-state index contributed by atoms with van der Waals surface area (Å²) >= 11 is 0. The van der Waals surface area contributed by atoms with E-state index in [0.29, 0.717) is 11.5 Å². The van der Waals surface area contributed by atoms with Crippen molar-refractivity contribution in [3.63, 3.8) is 0 Å². The molecule has 1 amide bonds. The fourth-order valence-corrected chi connectivity index (χ4v) is 3.08. The van der Waals surface area contributed by atoms with Crippen LogP contribution >= 0.6 is 0 Å². The molecule has 0 bridgehead atoms.